The van der Waals surface area contributed by atoms with Crippen molar-refractivity contribution in [3.05, 3.63) is 46.0 Å². The zero-order chi connectivity index (χ0) is 21.5. The van der Waals surface area contributed by atoms with Crippen LogP contribution in [0.1, 0.15) is 39.8 Å². The Morgan fingerprint density at radius 2 is 1.97 bits per heavy atom. The molecular formula is C25H28N2O3S. The number of benzene rings is 1. The molecular weight excluding hydrogens is 408 g/mol. The first-order valence-electron chi connectivity index (χ1n) is 11.0. The van der Waals surface area contributed by atoms with Crippen molar-refractivity contribution in [3.63, 3.8) is 0 Å². The van der Waals surface area contributed by atoms with Crippen molar-refractivity contribution < 1.29 is 14.3 Å². The topological polar surface area (TPSA) is 51.7 Å². The van der Waals surface area contributed by atoms with E-state index in [9.17, 15) is 4.79 Å². The van der Waals surface area contributed by atoms with Gasteiger partial charge in [-0.2, -0.15) is 0 Å². The van der Waals surface area contributed by atoms with Crippen LogP contribution >= 0.6 is 11.3 Å². The van der Waals surface area contributed by atoms with Gasteiger partial charge in [0.15, 0.2) is 0 Å². The normalized spacial score (nSPS) is 18.8. The number of hydrogen-bond donors (Lipinski definition) is 0. The van der Waals surface area contributed by atoms with Crippen molar-refractivity contribution in [1.82, 2.24) is 9.88 Å². The molecule has 1 amide bonds. The smallest absolute Gasteiger partial charge is 0.256 e. The van der Waals surface area contributed by atoms with Crippen molar-refractivity contribution >= 4 is 27.5 Å². The molecule has 0 spiro atoms. The van der Waals surface area contributed by atoms with E-state index in [4.69, 9.17) is 14.5 Å². The summed E-state index contributed by atoms with van der Waals surface area (Å²) in [5.41, 5.74) is 5.02. The molecule has 0 unspecified atom stereocenters. The number of rotatable bonds is 3. The number of ether oxygens (including phenoxy) is 2. The van der Waals surface area contributed by atoms with E-state index in [1.165, 1.54) is 22.2 Å². The Kier molecular flexibility index (Phi) is 5.44. The van der Waals surface area contributed by atoms with E-state index >= 15 is 0 Å². The van der Waals surface area contributed by atoms with Gasteiger partial charge < -0.3 is 14.4 Å². The second-order valence-electron chi connectivity index (χ2n) is 8.61. The molecule has 162 valence electrons. The molecule has 0 saturated carbocycles. The quantitative estimate of drug-likeness (QED) is 0.587. The van der Waals surface area contributed by atoms with Gasteiger partial charge in [-0.15, -0.1) is 11.3 Å². The number of hydrogen-bond acceptors (Lipinski definition) is 5. The van der Waals surface area contributed by atoms with E-state index < -0.39 is 0 Å². The first-order valence-corrected chi connectivity index (χ1v) is 11.8. The van der Waals surface area contributed by atoms with E-state index in [0.29, 0.717) is 32.2 Å². The highest BCUT2D eigenvalue weighted by atomic mass is 32.1. The van der Waals surface area contributed by atoms with Gasteiger partial charge in [-0.1, -0.05) is 19.1 Å². The Morgan fingerprint density at radius 3 is 2.68 bits per heavy atom. The lowest BCUT2D eigenvalue weighted by molar-refractivity contribution is 0.0302. The summed E-state index contributed by atoms with van der Waals surface area (Å²) in [4.78, 5) is 23.1. The molecule has 0 N–H and O–H groups in total. The van der Waals surface area contributed by atoms with E-state index in [1.54, 1.807) is 7.11 Å². The van der Waals surface area contributed by atoms with Crippen LogP contribution in [0.15, 0.2) is 24.3 Å². The molecule has 0 bridgehead atoms. The van der Waals surface area contributed by atoms with Gasteiger partial charge >= 0.3 is 0 Å². The van der Waals surface area contributed by atoms with E-state index in [2.05, 4.69) is 19.1 Å². The van der Waals surface area contributed by atoms with E-state index in [0.717, 1.165) is 45.8 Å². The Morgan fingerprint density at radius 1 is 1.23 bits per heavy atom. The fourth-order valence-corrected chi connectivity index (χ4v) is 6.26. The lowest BCUT2D eigenvalue weighted by atomic mass is 9.86. The molecule has 1 aliphatic heterocycles. The molecule has 1 atom stereocenters. The summed E-state index contributed by atoms with van der Waals surface area (Å²) in [5.74, 6) is 1.57. The van der Waals surface area contributed by atoms with Crippen LogP contribution in [0.3, 0.4) is 0 Å². The Bertz CT molecular complexity index is 1130. The third kappa shape index (κ3) is 3.62. The largest absolute Gasteiger partial charge is 0.497 e. The maximum Gasteiger partial charge on any atom is 0.256 e. The molecule has 0 radical (unpaired) electrons. The summed E-state index contributed by atoms with van der Waals surface area (Å²) in [6, 6.07) is 8.08. The van der Waals surface area contributed by atoms with E-state index in [1.807, 2.05) is 35.3 Å². The summed E-state index contributed by atoms with van der Waals surface area (Å²) in [7, 11) is 1.67. The van der Waals surface area contributed by atoms with Gasteiger partial charge in [0.1, 0.15) is 10.6 Å². The first-order chi connectivity index (χ1) is 15.1. The molecule has 31 heavy (non-hydrogen) atoms. The van der Waals surface area contributed by atoms with Crippen molar-refractivity contribution in [3.8, 4) is 16.9 Å². The third-order valence-electron chi connectivity index (χ3n) is 6.52. The number of amides is 1. The summed E-state index contributed by atoms with van der Waals surface area (Å²) in [5, 5.41) is 1.18. The van der Waals surface area contributed by atoms with Crippen LogP contribution in [0.5, 0.6) is 5.75 Å². The van der Waals surface area contributed by atoms with Gasteiger partial charge in [-0.05, 0) is 55.4 Å². The number of nitrogens with zero attached hydrogens (tertiary/aromatic N) is 2. The van der Waals surface area contributed by atoms with Gasteiger partial charge in [0.05, 0.1) is 31.6 Å². The van der Waals surface area contributed by atoms with Crippen LogP contribution in [0, 0.1) is 12.8 Å². The highest BCUT2D eigenvalue weighted by Gasteiger charge is 2.30. The average molecular weight is 437 g/mol. The summed E-state index contributed by atoms with van der Waals surface area (Å²) < 4.78 is 10.9. The van der Waals surface area contributed by atoms with E-state index in [-0.39, 0.29) is 5.91 Å². The Labute approximate surface area is 187 Å². The van der Waals surface area contributed by atoms with Crippen molar-refractivity contribution in [1.29, 1.82) is 0 Å². The van der Waals surface area contributed by atoms with Gasteiger partial charge in [-0.25, -0.2) is 4.98 Å². The van der Waals surface area contributed by atoms with Crippen LogP contribution in [0.25, 0.3) is 21.3 Å². The third-order valence-corrected chi connectivity index (χ3v) is 7.66. The molecule has 1 fully saturated rings. The van der Waals surface area contributed by atoms with Gasteiger partial charge in [0.25, 0.3) is 5.91 Å². The molecule has 6 heteroatoms. The standard InChI is InChI=1S/C25H28N2O3S/c1-15-4-9-19-20(14-15)31-24-23(19)22(17-5-7-18(29-3)8-6-17)21(16(2)26-24)25(28)27-10-12-30-13-11-27/h5-8,15H,4,9-14H2,1-3H3/t15-/m0/s1. The van der Waals surface area contributed by atoms with Crippen LogP contribution in [0.2, 0.25) is 0 Å². The van der Waals surface area contributed by atoms with Crippen LogP contribution in [-0.2, 0) is 17.6 Å². The summed E-state index contributed by atoms with van der Waals surface area (Å²) in [6.07, 6.45) is 3.33. The first kappa shape index (κ1) is 20.5. The predicted molar refractivity (Wildman–Crippen MR) is 124 cm³/mol. The SMILES string of the molecule is COc1ccc(-c2c(C(=O)N3CCOCC3)c(C)nc3sc4c(c23)CC[C@H](C)C4)cc1. The molecule has 5 rings (SSSR count). The number of thiophene rings is 1. The van der Waals surface area contributed by atoms with Gasteiger partial charge in [-0.3, -0.25) is 4.79 Å². The molecule has 3 aromatic rings. The van der Waals surface area contributed by atoms with Crippen molar-refractivity contribution in [2.45, 2.75) is 33.1 Å². The fraction of sp³-hybridized carbons (Fsp3) is 0.440. The average Bonchev–Trinajstić information content (AvgIpc) is 3.15. The molecule has 2 aromatic heterocycles. The molecule has 3 heterocycles. The minimum Gasteiger partial charge on any atom is -0.497 e. The maximum atomic E-state index is 13.7. The Balaban J connectivity index is 1.76. The molecule has 1 saturated heterocycles. The van der Waals surface area contributed by atoms with Crippen LogP contribution < -0.4 is 4.74 Å². The second kappa shape index (κ2) is 8.24. The number of aryl methyl sites for hydroxylation is 2. The minimum atomic E-state index is 0.0603. The number of methoxy groups -OCH3 is 1. The number of carbonyl (C=O) groups excluding carboxylic acids is 1. The van der Waals surface area contributed by atoms with Crippen molar-refractivity contribution in [2.24, 2.45) is 5.92 Å². The Hall–Kier alpha value is -2.44. The molecule has 1 aliphatic carbocycles. The summed E-state index contributed by atoms with van der Waals surface area (Å²) in [6.45, 7) is 6.72. The second-order valence-corrected chi connectivity index (χ2v) is 9.70. The number of carbonyl (C=O) groups is 1. The monoisotopic (exact) mass is 436 g/mol. The minimum absolute atomic E-state index is 0.0603. The van der Waals surface area contributed by atoms with Crippen molar-refractivity contribution in [2.75, 3.05) is 33.4 Å². The van der Waals surface area contributed by atoms with Gasteiger partial charge in [0.2, 0.25) is 0 Å². The highest BCUT2D eigenvalue weighted by Crippen LogP contribution is 2.44. The molecule has 2 aliphatic rings. The number of morpholine rings is 1. The van der Waals surface area contributed by atoms with Gasteiger partial charge in [0, 0.05) is 28.9 Å². The van der Waals surface area contributed by atoms with Crippen LogP contribution in [0.4, 0.5) is 0 Å². The highest BCUT2D eigenvalue weighted by molar-refractivity contribution is 7.19. The molecule has 1 aromatic carbocycles. The zero-order valence-electron chi connectivity index (χ0n) is 18.4. The zero-order valence-corrected chi connectivity index (χ0v) is 19.2. The maximum absolute atomic E-state index is 13.7. The fourth-order valence-electron chi connectivity index (χ4n) is 4.82. The summed E-state index contributed by atoms with van der Waals surface area (Å²) >= 11 is 1.81. The number of fused-ring (bicyclic) bond motifs is 3. The predicted octanol–water partition coefficient (Wildman–Crippen LogP) is 4.88. The van der Waals surface area contributed by atoms with Crippen LogP contribution in [-0.4, -0.2) is 49.2 Å². The number of aromatic nitrogens is 1. The lowest BCUT2D eigenvalue weighted by Crippen LogP contribution is -2.41. The molecule has 5 nitrogen and oxygen atoms in total. The number of pyridine rings is 1. The lowest BCUT2D eigenvalue weighted by Gasteiger charge is -2.28.